The number of hydrogen-bond donors (Lipinski definition) is 1. The van der Waals surface area contributed by atoms with E-state index < -0.39 is 0 Å². The highest BCUT2D eigenvalue weighted by Gasteiger charge is 2.25. The molecule has 0 saturated heterocycles. The van der Waals surface area contributed by atoms with Crippen molar-refractivity contribution < 1.29 is 9.53 Å². The number of ether oxygens (including phenoxy) is 1. The van der Waals surface area contributed by atoms with Crippen molar-refractivity contribution in [1.29, 1.82) is 0 Å². The number of halogens is 1. The van der Waals surface area contributed by atoms with Gasteiger partial charge in [-0.25, -0.2) is 4.79 Å². The topological polar surface area (TPSA) is 56.1 Å². The third-order valence-electron chi connectivity index (χ3n) is 2.56. The Bertz CT molecular complexity index is 378. The summed E-state index contributed by atoms with van der Waals surface area (Å²) in [7, 11) is 0. The van der Waals surface area contributed by atoms with Crippen molar-refractivity contribution in [2.45, 2.75) is 26.4 Å². The third kappa shape index (κ3) is 2.20. The molecule has 2 heterocycles. The van der Waals surface area contributed by atoms with E-state index in [4.69, 9.17) is 4.74 Å². The largest absolute Gasteiger partial charge is 0.462 e. The number of fused-ring (bicyclic) bond motifs is 1. The summed E-state index contributed by atoms with van der Waals surface area (Å²) in [5.41, 5.74) is 1.51. The van der Waals surface area contributed by atoms with E-state index >= 15 is 0 Å². The third-order valence-corrected chi connectivity index (χ3v) is 2.56. The van der Waals surface area contributed by atoms with Crippen LogP contribution in [0.4, 0.5) is 0 Å². The standard InChI is InChI=1S/C10H15N3O2.ClH/c1-3-15-10(14)8-6-12-13-5-4-11-7(2)9(8)13;/h6-7,11H,3-5H2,1-2H3;1H. The summed E-state index contributed by atoms with van der Waals surface area (Å²) in [5.74, 6) is -0.283. The predicted molar refractivity (Wildman–Crippen MR) is 61.8 cm³/mol. The molecular weight excluding hydrogens is 230 g/mol. The molecule has 90 valence electrons. The molecule has 0 fully saturated rings. The highest BCUT2D eigenvalue weighted by atomic mass is 35.5. The lowest BCUT2D eigenvalue weighted by atomic mass is 10.1. The first-order valence-corrected chi connectivity index (χ1v) is 5.20. The molecule has 1 atom stereocenters. The van der Waals surface area contributed by atoms with Gasteiger partial charge >= 0.3 is 5.97 Å². The van der Waals surface area contributed by atoms with Gasteiger partial charge in [-0.05, 0) is 13.8 Å². The Morgan fingerprint density at radius 2 is 2.50 bits per heavy atom. The van der Waals surface area contributed by atoms with Gasteiger partial charge in [0, 0.05) is 12.6 Å². The molecule has 1 aliphatic heterocycles. The summed E-state index contributed by atoms with van der Waals surface area (Å²) >= 11 is 0. The van der Waals surface area contributed by atoms with Gasteiger partial charge in [0.2, 0.25) is 0 Å². The van der Waals surface area contributed by atoms with Crippen LogP contribution in [0.2, 0.25) is 0 Å². The lowest BCUT2D eigenvalue weighted by Gasteiger charge is -2.22. The fraction of sp³-hybridized carbons (Fsp3) is 0.600. The molecule has 1 aromatic heterocycles. The molecule has 0 radical (unpaired) electrons. The molecule has 0 bridgehead atoms. The van der Waals surface area contributed by atoms with Gasteiger partial charge in [0.1, 0.15) is 5.56 Å². The summed E-state index contributed by atoms with van der Waals surface area (Å²) in [5, 5.41) is 7.48. The van der Waals surface area contributed by atoms with Crippen LogP contribution in [0.5, 0.6) is 0 Å². The minimum Gasteiger partial charge on any atom is -0.462 e. The number of hydrogen-bond acceptors (Lipinski definition) is 4. The van der Waals surface area contributed by atoms with Crippen molar-refractivity contribution in [3.63, 3.8) is 0 Å². The van der Waals surface area contributed by atoms with Crippen LogP contribution in [0, 0.1) is 0 Å². The first-order valence-electron chi connectivity index (χ1n) is 5.20. The minimum absolute atomic E-state index is 0. The maximum absolute atomic E-state index is 11.6. The van der Waals surface area contributed by atoms with Crippen LogP contribution < -0.4 is 5.32 Å². The van der Waals surface area contributed by atoms with Gasteiger partial charge < -0.3 is 10.1 Å². The van der Waals surface area contributed by atoms with E-state index in [0.29, 0.717) is 12.2 Å². The van der Waals surface area contributed by atoms with Gasteiger partial charge in [-0.3, -0.25) is 4.68 Å². The van der Waals surface area contributed by atoms with Crippen LogP contribution in [-0.2, 0) is 11.3 Å². The van der Waals surface area contributed by atoms with Crippen LogP contribution >= 0.6 is 12.4 Å². The van der Waals surface area contributed by atoms with E-state index in [1.807, 2.05) is 11.6 Å². The average molecular weight is 246 g/mol. The van der Waals surface area contributed by atoms with E-state index in [1.54, 1.807) is 13.1 Å². The van der Waals surface area contributed by atoms with Crippen LogP contribution in [0.15, 0.2) is 6.20 Å². The molecule has 1 aliphatic rings. The number of carbonyl (C=O) groups excluding carboxylic acids is 1. The van der Waals surface area contributed by atoms with Gasteiger partial charge in [0.15, 0.2) is 0 Å². The Kier molecular flexibility index (Phi) is 4.32. The van der Waals surface area contributed by atoms with Crippen molar-refractivity contribution in [1.82, 2.24) is 15.1 Å². The van der Waals surface area contributed by atoms with Gasteiger partial charge in [-0.1, -0.05) is 0 Å². The lowest BCUT2D eigenvalue weighted by molar-refractivity contribution is 0.0523. The van der Waals surface area contributed by atoms with E-state index in [0.717, 1.165) is 18.8 Å². The molecule has 1 unspecified atom stereocenters. The van der Waals surface area contributed by atoms with Gasteiger partial charge in [0.25, 0.3) is 0 Å². The Morgan fingerprint density at radius 1 is 1.75 bits per heavy atom. The lowest BCUT2D eigenvalue weighted by Crippen LogP contribution is -2.33. The SMILES string of the molecule is CCOC(=O)c1cnn2c1C(C)NCC2.Cl. The van der Waals surface area contributed by atoms with E-state index in [2.05, 4.69) is 10.4 Å². The average Bonchev–Trinajstić information content (AvgIpc) is 2.63. The second kappa shape index (κ2) is 5.32. The number of esters is 1. The zero-order chi connectivity index (χ0) is 10.8. The zero-order valence-corrected chi connectivity index (χ0v) is 10.2. The van der Waals surface area contributed by atoms with E-state index in [-0.39, 0.29) is 24.4 Å². The summed E-state index contributed by atoms with van der Waals surface area (Å²) in [6.45, 7) is 5.91. The maximum Gasteiger partial charge on any atom is 0.341 e. The van der Waals surface area contributed by atoms with Crippen LogP contribution in [0.1, 0.15) is 35.9 Å². The second-order valence-electron chi connectivity index (χ2n) is 3.56. The van der Waals surface area contributed by atoms with Crippen molar-refractivity contribution >= 4 is 18.4 Å². The van der Waals surface area contributed by atoms with Crippen LogP contribution in [0.3, 0.4) is 0 Å². The minimum atomic E-state index is -0.283. The number of carbonyl (C=O) groups is 1. The van der Waals surface area contributed by atoms with Gasteiger partial charge in [-0.2, -0.15) is 5.10 Å². The fourth-order valence-corrected chi connectivity index (χ4v) is 1.88. The monoisotopic (exact) mass is 245 g/mol. The maximum atomic E-state index is 11.6. The fourth-order valence-electron chi connectivity index (χ4n) is 1.88. The summed E-state index contributed by atoms with van der Waals surface area (Å²) in [6.07, 6.45) is 1.59. The Hall–Kier alpha value is -1.07. The second-order valence-corrected chi connectivity index (χ2v) is 3.56. The number of rotatable bonds is 2. The van der Waals surface area contributed by atoms with Gasteiger partial charge in [0.05, 0.1) is 25.0 Å². The van der Waals surface area contributed by atoms with E-state index in [1.165, 1.54) is 0 Å². The highest BCUT2D eigenvalue weighted by Crippen LogP contribution is 2.21. The summed E-state index contributed by atoms with van der Waals surface area (Å²) in [6, 6.07) is 0.153. The molecule has 1 aromatic rings. The number of aromatic nitrogens is 2. The molecule has 0 spiro atoms. The summed E-state index contributed by atoms with van der Waals surface area (Å²) in [4.78, 5) is 11.6. The Labute approximate surface area is 101 Å². The molecule has 0 amide bonds. The van der Waals surface area contributed by atoms with Crippen LogP contribution in [0.25, 0.3) is 0 Å². The van der Waals surface area contributed by atoms with Crippen molar-refractivity contribution in [2.75, 3.05) is 13.2 Å². The zero-order valence-electron chi connectivity index (χ0n) is 9.40. The molecule has 2 rings (SSSR count). The van der Waals surface area contributed by atoms with Crippen molar-refractivity contribution in [3.8, 4) is 0 Å². The Balaban J connectivity index is 0.00000128. The predicted octanol–water partition coefficient (Wildman–Crippen LogP) is 1.15. The molecule has 0 aliphatic carbocycles. The Morgan fingerprint density at radius 3 is 3.19 bits per heavy atom. The first-order chi connectivity index (χ1) is 7.24. The molecule has 6 heteroatoms. The molecule has 5 nitrogen and oxygen atoms in total. The number of nitrogens with zero attached hydrogens (tertiary/aromatic N) is 2. The molecular formula is C10H16ClN3O2. The highest BCUT2D eigenvalue weighted by molar-refractivity contribution is 5.90. The van der Waals surface area contributed by atoms with Crippen LogP contribution in [-0.4, -0.2) is 28.9 Å². The van der Waals surface area contributed by atoms with Crippen molar-refractivity contribution in [3.05, 3.63) is 17.5 Å². The van der Waals surface area contributed by atoms with Gasteiger partial charge in [-0.15, -0.1) is 12.4 Å². The summed E-state index contributed by atoms with van der Waals surface area (Å²) < 4.78 is 6.85. The normalized spacial score (nSPS) is 18.5. The van der Waals surface area contributed by atoms with E-state index in [9.17, 15) is 4.79 Å². The first kappa shape index (κ1) is 13.0. The molecule has 0 aromatic carbocycles. The molecule has 16 heavy (non-hydrogen) atoms. The van der Waals surface area contributed by atoms with Crippen molar-refractivity contribution in [2.24, 2.45) is 0 Å². The number of nitrogens with one attached hydrogen (secondary N) is 1. The smallest absolute Gasteiger partial charge is 0.341 e. The quantitative estimate of drug-likeness (QED) is 0.794. The molecule has 1 N–H and O–H groups in total. The molecule has 0 saturated carbocycles.